The van der Waals surface area contributed by atoms with Crippen molar-refractivity contribution in [2.24, 2.45) is 17.8 Å². The van der Waals surface area contributed by atoms with Gasteiger partial charge in [-0.25, -0.2) is 4.68 Å². The van der Waals surface area contributed by atoms with E-state index in [1.54, 1.807) is 16.8 Å². The van der Waals surface area contributed by atoms with Crippen molar-refractivity contribution < 1.29 is 4.79 Å². The Kier molecular flexibility index (Phi) is 5.19. The maximum atomic E-state index is 12.8. The number of nitrogens with one attached hydrogen (secondary N) is 1. The SMILES string of the molecule is Cc1nn(Cc2ccc(Cl)cc2)c(Cl)c1/C=C/C(=O)NC12CC3CC(CC(C3)C1)C2. The highest BCUT2D eigenvalue weighted by molar-refractivity contribution is 6.31. The fourth-order valence-electron chi connectivity index (χ4n) is 6.35. The normalized spacial score (nSPS) is 29.6. The van der Waals surface area contributed by atoms with Gasteiger partial charge in [-0.3, -0.25) is 4.79 Å². The minimum Gasteiger partial charge on any atom is -0.347 e. The van der Waals surface area contributed by atoms with Crippen molar-refractivity contribution in [2.45, 2.75) is 57.5 Å². The Bertz CT molecular complexity index is 957. The molecule has 6 rings (SSSR count). The van der Waals surface area contributed by atoms with E-state index in [9.17, 15) is 4.79 Å². The smallest absolute Gasteiger partial charge is 0.244 e. The van der Waals surface area contributed by atoms with E-state index in [0.29, 0.717) is 16.7 Å². The van der Waals surface area contributed by atoms with Gasteiger partial charge in [0.1, 0.15) is 5.15 Å². The number of nitrogens with zero attached hydrogens (tertiary/aromatic N) is 2. The summed E-state index contributed by atoms with van der Waals surface area (Å²) >= 11 is 12.5. The lowest BCUT2D eigenvalue weighted by atomic mass is 9.53. The van der Waals surface area contributed by atoms with Crippen LogP contribution in [0.1, 0.15) is 55.3 Å². The van der Waals surface area contributed by atoms with Gasteiger partial charge < -0.3 is 5.32 Å². The summed E-state index contributed by atoms with van der Waals surface area (Å²) in [6, 6.07) is 7.64. The van der Waals surface area contributed by atoms with Crippen molar-refractivity contribution >= 4 is 35.2 Å². The molecule has 0 saturated heterocycles. The van der Waals surface area contributed by atoms with Crippen LogP contribution in [0.25, 0.3) is 6.08 Å². The number of hydrogen-bond acceptors (Lipinski definition) is 2. The van der Waals surface area contributed by atoms with Gasteiger partial charge in [0.25, 0.3) is 0 Å². The molecule has 1 amide bonds. The fourth-order valence-corrected chi connectivity index (χ4v) is 6.77. The lowest BCUT2D eigenvalue weighted by Crippen LogP contribution is -2.59. The standard InChI is InChI=1S/C24H27Cl2N3O/c1-15-21(23(26)29(28-15)14-16-2-4-20(25)5-3-16)6-7-22(30)27-24-11-17-8-18(12-24)10-19(9-17)13-24/h2-7,17-19H,8-14H2,1H3,(H,27,30)/b7-6+. The summed E-state index contributed by atoms with van der Waals surface area (Å²) < 4.78 is 1.76. The number of carbonyl (C=O) groups excluding carboxylic acids is 1. The zero-order valence-corrected chi connectivity index (χ0v) is 18.7. The molecular weight excluding hydrogens is 417 g/mol. The Morgan fingerprint density at radius 1 is 1.13 bits per heavy atom. The van der Waals surface area contributed by atoms with Crippen molar-refractivity contribution in [3.63, 3.8) is 0 Å². The monoisotopic (exact) mass is 443 g/mol. The lowest BCUT2D eigenvalue weighted by molar-refractivity contribution is -0.122. The van der Waals surface area contributed by atoms with E-state index in [1.165, 1.54) is 19.3 Å². The largest absolute Gasteiger partial charge is 0.347 e. The quantitative estimate of drug-likeness (QED) is 0.607. The number of benzene rings is 1. The van der Waals surface area contributed by atoms with Crippen LogP contribution >= 0.6 is 23.2 Å². The van der Waals surface area contributed by atoms with Crippen molar-refractivity contribution in [3.8, 4) is 0 Å². The van der Waals surface area contributed by atoms with Gasteiger partial charge in [0.05, 0.1) is 12.2 Å². The predicted octanol–water partition coefficient (Wildman–Crippen LogP) is 5.64. The molecule has 0 spiro atoms. The van der Waals surface area contributed by atoms with Crippen molar-refractivity contribution in [3.05, 3.63) is 57.3 Å². The molecule has 158 valence electrons. The molecule has 2 aromatic rings. The van der Waals surface area contributed by atoms with Crippen LogP contribution in [0.15, 0.2) is 30.3 Å². The predicted molar refractivity (Wildman–Crippen MR) is 121 cm³/mol. The molecule has 1 heterocycles. The molecule has 6 heteroatoms. The second-order valence-electron chi connectivity index (χ2n) is 9.59. The lowest BCUT2D eigenvalue weighted by Gasteiger charge is -2.56. The average molecular weight is 444 g/mol. The molecule has 0 radical (unpaired) electrons. The molecule has 4 nitrogen and oxygen atoms in total. The molecule has 0 atom stereocenters. The highest BCUT2D eigenvalue weighted by atomic mass is 35.5. The molecule has 4 aliphatic carbocycles. The van der Waals surface area contributed by atoms with Gasteiger partial charge in [-0.1, -0.05) is 35.3 Å². The van der Waals surface area contributed by atoms with Crippen LogP contribution in [0.5, 0.6) is 0 Å². The summed E-state index contributed by atoms with van der Waals surface area (Å²) in [6.45, 7) is 2.48. The molecule has 4 bridgehead atoms. The second kappa shape index (κ2) is 7.72. The van der Waals surface area contributed by atoms with E-state index in [2.05, 4.69) is 10.4 Å². The molecule has 1 aromatic heterocycles. The van der Waals surface area contributed by atoms with Gasteiger partial charge >= 0.3 is 0 Å². The van der Waals surface area contributed by atoms with Crippen molar-refractivity contribution in [1.29, 1.82) is 0 Å². The summed E-state index contributed by atoms with van der Waals surface area (Å²) in [5.41, 5.74) is 2.70. The summed E-state index contributed by atoms with van der Waals surface area (Å²) in [5, 5.41) is 9.18. The summed E-state index contributed by atoms with van der Waals surface area (Å²) in [4.78, 5) is 12.8. The number of halogens is 2. The van der Waals surface area contributed by atoms with Crippen LogP contribution in [-0.4, -0.2) is 21.2 Å². The highest BCUT2D eigenvalue weighted by Gasteiger charge is 2.51. The number of hydrogen-bond donors (Lipinski definition) is 1. The summed E-state index contributed by atoms with van der Waals surface area (Å²) in [5.74, 6) is 2.41. The number of rotatable bonds is 5. The molecule has 4 aliphatic rings. The fraction of sp³-hybridized carbons (Fsp3) is 0.500. The van der Waals surface area contributed by atoms with E-state index in [0.717, 1.165) is 53.8 Å². The maximum Gasteiger partial charge on any atom is 0.244 e. The molecule has 30 heavy (non-hydrogen) atoms. The van der Waals surface area contributed by atoms with Gasteiger partial charge in [-0.15, -0.1) is 0 Å². The molecule has 0 unspecified atom stereocenters. The molecule has 0 aliphatic heterocycles. The molecule has 1 N–H and O–H groups in total. The van der Waals surface area contributed by atoms with Crippen LogP contribution in [0.4, 0.5) is 0 Å². The molecule has 4 fully saturated rings. The Labute approximate surface area is 187 Å². The van der Waals surface area contributed by atoms with Crippen molar-refractivity contribution in [1.82, 2.24) is 15.1 Å². The zero-order chi connectivity index (χ0) is 20.9. The molecule has 4 saturated carbocycles. The Morgan fingerprint density at radius 3 is 2.33 bits per heavy atom. The van der Waals surface area contributed by atoms with Gasteiger partial charge in [0, 0.05) is 22.2 Å². The summed E-state index contributed by atoms with van der Waals surface area (Å²) in [7, 11) is 0. The Morgan fingerprint density at radius 2 is 1.73 bits per heavy atom. The first-order chi connectivity index (χ1) is 14.4. The first kappa shape index (κ1) is 20.1. The maximum absolute atomic E-state index is 12.8. The highest BCUT2D eigenvalue weighted by Crippen LogP contribution is 2.55. The van der Waals surface area contributed by atoms with Gasteiger partial charge in [-0.2, -0.15) is 5.10 Å². The van der Waals surface area contributed by atoms with Crippen LogP contribution in [0.3, 0.4) is 0 Å². The van der Waals surface area contributed by atoms with Crippen molar-refractivity contribution in [2.75, 3.05) is 0 Å². The molecular formula is C24H27Cl2N3O. The number of carbonyl (C=O) groups is 1. The van der Waals surface area contributed by atoms with E-state index < -0.39 is 0 Å². The van der Waals surface area contributed by atoms with E-state index >= 15 is 0 Å². The number of amides is 1. The third-order valence-corrected chi connectivity index (χ3v) is 7.83. The first-order valence-electron chi connectivity index (χ1n) is 10.9. The van der Waals surface area contributed by atoms with E-state index in [1.807, 2.05) is 31.2 Å². The Balaban J connectivity index is 1.28. The second-order valence-corrected chi connectivity index (χ2v) is 10.4. The molecule has 1 aromatic carbocycles. The van der Waals surface area contributed by atoms with Crippen LogP contribution in [-0.2, 0) is 11.3 Å². The minimum absolute atomic E-state index is 0.0159. The number of aromatic nitrogens is 2. The minimum atomic E-state index is -0.0159. The van der Waals surface area contributed by atoms with E-state index in [4.69, 9.17) is 23.2 Å². The van der Waals surface area contributed by atoms with E-state index in [-0.39, 0.29) is 11.4 Å². The third-order valence-electron chi connectivity index (χ3n) is 7.18. The van der Waals surface area contributed by atoms with Gasteiger partial charge in [0.15, 0.2) is 0 Å². The van der Waals surface area contributed by atoms with Gasteiger partial charge in [-0.05, 0) is 87.0 Å². The number of aryl methyl sites for hydroxylation is 1. The zero-order valence-electron chi connectivity index (χ0n) is 17.2. The Hall–Kier alpha value is -1.78. The first-order valence-corrected chi connectivity index (χ1v) is 11.6. The van der Waals surface area contributed by atoms with Gasteiger partial charge in [0.2, 0.25) is 5.91 Å². The summed E-state index contributed by atoms with van der Waals surface area (Å²) in [6.07, 6.45) is 11.0. The average Bonchev–Trinajstić information content (AvgIpc) is 2.93. The van der Waals surface area contributed by atoms with Crippen LogP contribution < -0.4 is 5.32 Å². The topological polar surface area (TPSA) is 46.9 Å². The van der Waals surface area contributed by atoms with Crippen LogP contribution in [0.2, 0.25) is 10.2 Å². The third kappa shape index (κ3) is 3.92. The van der Waals surface area contributed by atoms with Crippen LogP contribution in [0, 0.1) is 24.7 Å².